The normalized spacial score (nSPS) is 10.8. The van der Waals surface area contributed by atoms with Crippen molar-refractivity contribution in [3.63, 3.8) is 0 Å². The van der Waals surface area contributed by atoms with Gasteiger partial charge in [-0.3, -0.25) is 9.79 Å². The van der Waals surface area contributed by atoms with Gasteiger partial charge in [0.15, 0.2) is 5.96 Å². The summed E-state index contributed by atoms with van der Waals surface area (Å²) in [4.78, 5) is 18.5. The van der Waals surface area contributed by atoms with E-state index in [1.54, 1.807) is 7.05 Å². The second-order valence-corrected chi connectivity index (χ2v) is 6.07. The zero-order chi connectivity index (χ0) is 18.2. The highest BCUT2D eigenvalue weighted by Crippen LogP contribution is 2.04. The molecule has 0 atom stereocenters. The summed E-state index contributed by atoms with van der Waals surface area (Å²) in [7, 11) is 5.78. The molecule has 1 heterocycles. The van der Waals surface area contributed by atoms with E-state index in [1.165, 1.54) is 5.69 Å². The Morgan fingerprint density at radius 2 is 1.92 bits per heavy atom. The number of carbonyl (C=O) groups is 1. The van der Waals surface area contributed by atoms with E-state index in [-0.39, 0.29) is 29.9 Å². The van der Waals surface area contributed by atoms with E-state index < -0.39 is 0 Å². The Balaban J connectivity index is 0.00000338. The molecule has 1 aromatic heterocycles. The quantitative estimate of drug-likeness (QED) is 0.296. The predicted octanol–water partition coefficient (Wildman–Crippen LogP) is 2.39. The van der Waals surface area contributed by atoms with Gasteiger partial charge in [-0.15, -0.1) is 24.0 Å². The van der Waals surface area contributed by atoms with Gasteiger partial charge in [0.05, 0.1) is 6.54 Å². The number of carbonyl (C=O) groups excluding carboxylic acids is 1. The molecule has 0 fully saturated rings. The smallest absolute Gasteiger partial charge is 0.251 e. The van der Waals surface area contributed by atoms with Crippen molar-refractivity contribution in [3.8, 4) is 0 Å². The zero-order valence-electron chi connectivity index (χ0n) is 15.8. The lowest BCUT2D eigenvalue weighted by molar-refractivity contribution is 0.0954. The van der Waals surface area contributed by atoms with E-state index in [1.807, 2.05) is 57.5 Å². The molecule has 0 unspecified atom stereocenters. The molecule has 0 bridgehead atoms. The first-order valence-corrected chi connectivity index (χ1v) is 8.38. The van der Waals surface area contributed by atoms with Crippen molar-refractivity contribution >= 4 is 35.8 Å². The number of amides is 1. The molecule has 142 valence electrons. The van der Waals surface area contributed by atoms with Gasteiger partial charge in [-0.05, 0) is 31.2 Å². The minimum atomic E-state index is -0.0577. The van der Waals surface area contributed by atoms with Crippen LogP contribution in [0.15, 0.2) is 47.6 Å². The van der Waals surface area contributed by atoms with E-state index in [4.69, 9.17) is 0 Å². The van der Waals surface area contributed by atoms with Crippen molar-refractivity contribution in [3.05, 3.63) is 59.4 Å². The average molecular weight is 469 g/mol. The van der Waals surface area contributed by atoms with E-state index in [9.17, 15) is 4.79 Å². The second-order valence-electron chi connectivity index (χ2n) is 6.07. The fraction of sp³-hybridized carbons (Fsp3) is 0.368. The highest BCUT2D eigenvalue weighted by molar-refractivity contribution is 14.0. The first kappa shape index (κ1) is 22.0. The lowest BCUT2D eigenvalue weighted by Crippen LogP contribution is -2.42. The molecular formula is C19H28IN5O. The maximum Gasteiger partial charge on any atom is 0.251 e. The van der Waals surface area contributed by atoms with Crippen LogP contribution in [-0.4, -0.2) is 48.5 Å². The van der Waals surface area contributed by atoms with E-state index >= 15 is 0 Å². The Kier molecular flexibility index (Phi) is 9.18. The number of halogens is 1. The second kappa shape index (κ2) is 10.8. The number of aromatic nitrogens is 1. The van der Waals surface area contributed by atoms with Crippen LogP contribution in [0.3, 0.4) is 0 Å². The summed E-state index contributed by atoms with van der Waals surface area (Å²) in [6.45, 7) is 3.88. The summed E-state index contributed by atoms with van der Waals surface area (Å²) in [5.74, 6) is 0.739. The molecule has 2 aromatic rings. The molecule has 26 heavy (non-hydrogen) atoms. The monoisotopic (exact) mass is 469 g/mol. The molecular weight excluding hydrogens is 441 g/mol. The summed E-state index contributed by atoms with van der Waals surface area (Å²) >= 11 is 0. The number of guanidine groups is 1. The minimum Gasteiger partial charge on any atom is -0.354 e. The van der Waals surface area contributed by atoms with Crippen LogP contribution in [0.25, 0.3) is 0 Å². The Labute approximate surface area is 172 Å². The van der Waals surface area contributed by atoms with Crippen LogP contribution in [0.4, 0.5) is 0 Å². The zero-order valence-corrected chi connectivity index (χ0v) is 18.2. The number of hydrogen-bond donors (Lipinski definition) is 2. The molecule has 0 aliphatic heterocycles. The van der Waals surface area contributed by atoms with Gasteiger partial charge in [-0.1, -0.05) is 17.7 Å². The Morgan fingerprint density at radius 1 is 1.19 bits per heavy atom. The molecule has 1 amide bonds. The van der Waals surface area contributed by atoms with Crippen LogP contribution in [0.5, 0.6) is 0 Å². The molecule has 0 saturated carbocycles. The van der Waals surface area contributed by atoms with Crippen LogP contribution in [0, 0.1) is 6.92 Å². The summed E-state index contributed by atoms with van der Waals surface area (Å²) in [5, 5.41) is 6.19. The third-order valence-corrected chi connectivity index (χ3v) is 4.00. The lowest BCUT2D eigenvalue weighted by atomic mass is 10.1. The highest BCUT2D eigenvalue weighted by atomic mass is 127. The van der Waals surface area contributed by atoms with Gasteiger partial charge >= 0.3 is 0 Å². The number of aliphatic imine (C=N–C) groups is 1. The Morgan fingerprint density at radius 3 is 2.54 bits per heavy atom. The van der Waals surface area contributed by atoms with Gasteiger partial charge in [-0.25, -0.2) is 0 Å². The number of aryl methyl sites for hydroxylation is 2. The van der Waals surface area contributed by atoms with Gasteiger partial charge in [0.2, 0.25) is 0 Å². The summed E-state index contributed by atoms with van der Waals surface area (Å²) < 4.78 is 2.09. The topological polar surface area (TPSA) is 61.7 Å². The van der Waals surface area contributed by atoms with Crippen LogP contribution in [0.1, 0.15) is 21.6 Å². The molecule has 2 N–H and O–H groups in total. The largest absolute Gasteiger partial charge is 0.354 e. The van der Waals surface area contributed by atoms with Gasteiger partial charge in [-0.2, -0.15) is 0 Å². The average Bonchev–Trinajstić information content (AvgIpc) is 2.99. The number of hydrogen-bond acceptors (Lipinski definition) is 2. The minimum absolute atomic E-state index is 0. The SMILES string of the molecule is CN=C(NCCNC(=O)c1cccc(C)c1)N(C)Cc1cccn1C.I. The van der Waals surface area contributed by atoms with E-state index in [2.05, 4.69) is 31.2 Å². The lowest BCUT2D eigenvalue weighted by Gasteiger charge is -2.22. The van der Waals surface area contributed by atoms with Gasteiger partial charge in [0, 0.05) is 51.7 Å². The molecule has 1 aromatic carbocycles. The fourth-order valence-corrected chi connectivity index (χ4v) is 2.60. The van der Waals surface area contributed by atoms with Crippen molar-refractivity contribution in [1.82, 2.24) is 20.1 Å². The number of benzene rings is 1. The molecule has 2 rings (SSSR count). The Bertz CT molecular complexity index is 741. The number of nitrogens with one attached hydrogen (secondary N) is 2. The highest BCUT2D eigenvalue weighted by Gasteiger charge is 2.09. The Hall–Kier alpha value is -2.03. The fourth-order valence-electron chi connectivity index (χ4n) is 2.60. The maximum atomic E-state index is 12.1. The predicted molar refractivity (Wildman–Crippen MR) is 117 cm³/mol. The van der Waals surface area contributed by atoms with Crippen molar-refractivity contribution in [2.45, 2.75) is 13.5 Å². The number of rotatable bonds is 6. The summed E-state index contributed by atoms with van der Waals surface area (Å²) in [5.41, 5.74) is 2.97. The van der Waals surface area contributed by atoms with Crippen LogP contribution >= 0.6 is 24.0 Å². The van der Waals surface area contributed by atoms with Gasteiger partial charge in [0.25, 0.3) is 5.91 Å². The van der Waals surface area contributed by atoms with Crippen molar-refractivity contribution < 1.29 is 4.79 Å². The maximum absolute atomic E-state index is 12.1. The molecule has 0 saturated heterocycles. The van der Waals surface area contributed by atoms with E-state index in [0.29, 0.717) is 18.7 Å². The van der Waals surface area contributed by atoms with Crippen molar-refractivity contribution in [2.24, 2.45) is 12.0 Å². The molecule has 7 heteroatoms. The van der Waals surface area contributed by atoms with Crippen molar-refractivity contribution in [1.29, 1.82) is 0 Å². The molecule has 0 radical (unpaired) electrons. The molecule has 0 spiro atoms. The molecule has 6 nitrogen and oxygen atoms in total. The molecule has 0 aliphatic rings. The first-order valence-electron chi connectivity index (χ1n) is 8.38. The van der Waals surface area contributed by atoms with Gasteiger partial charge < -0.3 is 20.1 Å². The van der Waals surface area contributed by atoms with Crippen LogP contribution in [-0.2, 0) is 13.6 Å². The van der Waals surface area contributed by atoms with Crippen LogP contribution in [0.2, 0.25) is 0 Å². The summed E-state index contributed by atoms with van der Waals surface area (Å²) in [6, 6.07) is 11.7. The van der Waals surface area contributed by atoms with Crippen molar-refractivity contribution in [2.75, 3.05) is 27.2 Å². The van der Waals surface area contributed by atoms with E-state index in [0.717, 1.165) is 18.1 Å². The standard InChI is InChI=1S/C19H27N5O.HI/c1-15-7-5-8-16(13-15)18(25)21-10-11-22-19(20-2)24(4)14-17-9-6-12-23(17)3;/h5-9,12-13H,10-11,14H2,1-4H3,(H,20,22)(H,21,25);1H. The molecule has 0 aliphatic carbocycles. The third kappa shape index (κ3) is 6.36. The third-order valence-electron chi connectivity index (χ3n) is 4.00. The first-order chi connectivity index (χ1) is 12.0. The number of nitrogens with zero attached hydrogens (tertiary/aromatic N) is 3. The van der Waals surface area contributed by atoms with Crippen LogP contribution < -0.4 is 10.6 Å². The van der Waals surface area contributed by atoms with Gasteiger partial charge in [0.1, 0.15) is 0 Å². The summed E-state index contributed by atoms with van der Waals surface area (Å²) in [6.07, 6.45) is 2.03.